The van der Waals surface area contributed by atoms with Gasteiger partial charge in [-0.05, 0) is 31.5 Å². The van der Waals surface area contributed by atoms with E-state index in [0.717, 1.165) is 12.8 Å². The fraction of sp³-hybridized carbons (Fsp3) is 0.500. The van der Waals surface area contributed by atoms with Gasteiger partial charge in [-0.1, -0.05) is 24.9 Å². The Kier molecular flexibility index (Phi) is 6.67. The maximum absolute atomic E-state index is 11.8. The normalized spacial score (nSPS) is 12.0. The van der Waals surface area contributed by atoms with Crippen LogP contribution in [0.4, 0.5) is 5.69 Å². The van der Waals surface area contributed by atoms with E-state index in [1.807, 2.05) is 13.8 Å². The summed E-state index contributed by atoms with van der Waals surface area (Å²) in [4.78, 5) is 11.8. The number of halogens is 1. The maximum Gasteiger partial charge on any atom is 0.225 e. The van der Waals surface area contributed by atoms with E-state index in [1.54, 1.807) is 18.2 Å². The minimum atomic E-state index is -0.0961. The Morgan fingerprint density at radius 3 is 2.79 bits per heavy atom. The Morgan fingerprint density at radius 2 is 2.21 bits per heavy atom. The van der Waals surface area contributed by atoms with E-state index in [9.17, 15) is 4.79 Å². The van der Waals surface area contributed by atoms with Gasteiger partial charge in [0.15, 0.2) is 0 Å². The monoisotopic (exact) mass is 284 g/mol. The van der Waals surface area contributed by atoms with Crippen molar-refractivity contribution in [3.8, 4) is 5.75 Å². The highest BCUT2D eigenvalue weighted by Crippen LogP contribution is 2.27. The Balaban J connectivity index is 2.57. The molecule has 0 fully saturated rings. The van der Waals surface area contributed by atoms with Gasteiger partial charge in [-0.2, -0.15) is 0 Å². The number of rotatable bonds is 7. The van der Waals surface area contributed by atoms with Crippen molar-refractivity contribution < 1.29 is 9.53 Å². The molecule has 5 heteroatoms. The molecule has 4 nitrogen and oxygen atoms in total. The van der Waals surface area contributed by atoms with Gasteiger partial charge < -0.3 is 15.8 Å². The van der Waals surface area contributed by atoms with Gasteiger partial charge in [0.25, 0.3) is 0 Å². The van der Waals surface area contributed by atoms with E-state index < -0.39 is 0 Å². The lowest BCUT2D eigenvalue weighted by molar-refractivity contribution is -0.116. The molecule has 1 amide bonds. The molecule has 0 aliphatic heterocycles. The zero-order chi connectivity index (χ0) is 14.3. The third-order valence-corrected chi connectivity index (χ3v) is 2.92. The minimum absolute atomic E-state index is 0.0943. The number of hydrogen-bond acceptors (Lipinski definition) is 3. The van der Waals surface area contributed by atoms with E-state index in [-0.39, 0.29) is 11.9 Å². The molecular weight excluding hydrogens is 264 g/mol. The summed E-state index contributed by atoms with van der Waals surface area (Å²) >= 11 is 6.05. The summed E-state index contributed by atoms with van der Waals surface area (Å²) in [6.45, 7) is 4.49. The molecule has 0 spiro atoms. The van der Waals surface area contributed by atoms with Crippen molar-refractivity contribution in [2.45, 2.75) is 39.2 Å². The number of ether oxygens (including phenoxy) is 1. The highest BCUT2D eigenvalue weighted by Gasteiger charge is 2.10. The predicted octanol–water partition coefficient (Wildman–Crippen LogP) is 3.19. The lowest BCUT2D eigenvalue weighted by Crippen LogP contribution is -2.26. The van der Waals surface area contributed by atoms with Crippen molar-refractivity contribution in [3.63, 3.8) is 0 Å². The Bertz CT molecular complexity index is 424. The Morgan fingerprint density at radius 1 is 1.47 bits per heavy atom. The predicted molar refractivity (Wildman–Crippen MR) is 78.8 cm³/mol. The summed E-state index contributed by atoms with van der Waals surface area (Å²) in [6, 6.07) is 5.09. The molecule has 1 atom stereocenters. The molecule has 1 aromatic rings. The highest BCUT2D eigenvalue weighted by molar-refractivity contribution is 6.32. The fourth-order valence-electron chi connectivity index (χ4n) is 1.77. The van der Waals surface area contributed by atoms with Crippen LogP contribution in [0.1, 0.15) is 33.1 Å². The molecule has 1 unspecified atom stereocenters. The molecular formula is C14H21ClN2O2. The second-order valence-corrected chi connectivity index (χ2v) is 4.79. The molecule has 0 saturated heterocycles. The first kappa shape index (κ1) is 15.8. The number of nitrogens with two attached hydrogens (primary N) is 1. The number of nitrogens with one attached hydrogen (secondary N) is 1. The van der Waals surface area contributed by atoms with Crippen LogP contribution >= 0.6 is 11.6 Å². The zero-order valence-electron chi connectivity index (χ0n) is 11.4. The van der Waals surface area contributed by atoms with Gasteiger partial charge in [0, 0.05) is 18.2 Å². The standard InChI is InChI=1S/C14H21ClN2O2/c1-3-5-10(16)8-14(18)17-11-6-7-13(19-4-2)12(15)9-11/h6-7,9-10H,3-5,8,16H2,1-2H3,(H,17,18). The topological polar surface area (TPSA) is 64.4 Å². The molecule has 0 aliphatic carbocycles. The van der Waals surface area contributed by atoms with Crippen LogP contribution in [0, 0.1) is 0 Å². The van der Waals surface area contributed by atoms with Crippen molar-refractivity contribution in [3.05, 3.63) is 23.2 Å². The lowest BCUT2D eigenvalue weighted by Gasteiger charge is -2.12. The summed E-state index contributed by atoms with van der Waals surface area (Å²) < 4.78 is 5.33. The van der Waals surface area contributed by atoms with Gasteiger partial charge in [-0.15, -0.1) is 0 Å². The van der Waals surface area contributed by atoms with E-state index in [1.165, 1.54) is 0 Å². The minimum Gasteiger partial charge on any atom is -0.492 e. The van der Waals surface area contributed by atoms with Crippen molar-refractivity contribution in [2.24, 2.45) is 5.73 Å². The second kappa shape index (κ2) is 8.02. The quantitative estimate of drug-likeness (QED) is 0.808. The molecule has 0 radical (unpaired) electrons. The van der Waals surface area contributed by atoms with Crippen molar-refractivity contribution >= 4 is 23.2 Å². The number of benzene rings is 1. The summed E-state index contributed by atoms with van der Waals surface area (Å²) in [5.74, 6) is 0.519. The lowest BCUT2D eigenvalue weighted by atomic mass is 10.1. The Labute approximate surface area is 119 Å². The van der Waals surface area contributed by atoms with Gasteiger partial charge in [-0.25, -0.2) is 0 Å². The number of hydrogen-bond donors (Lipinski definition) is 2. The molecule has 3 N–H and O–H groups in total. The SMILES string of the molecule is CCCC(N)CC(=O)Nc1ccc(OCC)c(Cl)c1. The molecule has 1 aromatic carbocycles. The molecule has 106 valence electrons. The molecule has 19 heavy (non-hydrogen) atoms. The average molecular weight is 285 g/mol. The van der Waals surface area contributed by atoms with E-state index in [4.69, 9.17) is 22.1 Å². The van der Waals surface area contributed by atoms with Crippen LogP contribution in [0.5, 0.6) is 5.75 Å². The van der Waals surface area contributed by atoms with Gasteiger partial charge in [0.1, 0.15) is 5.75 Å². The molecule has 0 saturated carbocycles. The van der Waals surface area contributed by atoms with Crippen LogP contribution < -0.4 is 15.8 Å². The number of carbonyl (C=O) groups excluding carboxylic acids is 1. The van der Waals surface area contributed by atoms with Crippen LogP contribution in [-0.2, 0) is 4.79 Å². The zero-order valence-corrected chi connectivity index (χ0v) is 12.2. The van der Waals surface area contributed by atoms with Gasteiger partial charge >= 0.3 is 0 Å². The first-order chi connectivity index (χ1) is 9.06. The molecule has 1 rings (SSSR count). The first-order valence-corrected chi connectivity index (χ1v) is 6.92. The van der Waals surface area contributed by atoms with E-state index >= 15 is 0 Å². The van der Waals surface area contributed by atoms with Crippen LogP contribution in [0.2, 0.25) is 5.02 Å². The van der Waals surface area contributed by atoms with E-state index in [0.29, 0.717) is 29.5 Å². The number of amides is 1. The summed E-state index contributed by atoms with van der Waals surface area (Å²) in [5.41, 5.74) is 6.48. The fourth-order valence-corrected chi connectivity index (χ4v) is 2.01. The average Bonchev–Trinajstić information content (AvgIpc) is 2.32. The van der Waals surface area contributed by atoms with Crippen LogP contribution in [-0.4, -0.2) is 18.6 Å². The first-order valence-electron chi connectivity index (χ1n) is 6.54. The van der Waals surface area contributed by atoms with Crippen molar-refractivity contribution in [1.82, 2.24) is 0 Å². The van der Waals surface area contributed by atoms with Crippen LogP contribution in [0.15, 0.2) is 18.2 Å². The highest BCUT2D eigenvalue weighted by atomic mass is 35.5. The van der Waals surface area contributed by atoms with Gasteiger partial charge in [0.2, 0.25) is 5.91 Å². The van der Waals surface area contributed by atoms with Gasteiger partial charge in [-0.3, -0.25) is 4.79 Å². The molecule has 0 aromatic heterocycles. The van der Waals surface area contributed by atoms with Crippen molar-refractivity contribution in [1.29, 1.82) is 0 Å². The van der Waals surface area contributed by atoms with Gasteiger partial charge in [0.05, 0.1) is 11.6 Å². The number of anilines is 1. The third kappa shape index (κ3) is 5.49. The van der Waals surface area contributed by atoms with Crippen molar-refractivity contribution in [2.75, 3.05) is 11.9 Å². The Hall–Kier alpha value is -1.26. The smallest absolute Gasteiger partial charge is 0.225 e. The third-order valence-electron chi connectivity index (χ3n) is 2.62. The molecule has 0 heterocycles. The molecule has 0 aliphatic rings. The summed E-state index contributed by atoms with van der Waals surface area (Å²) in [7, 11) is 0. The summed E-state index contributed by atoms with van der Waals surface area (Å²) in [6.07, 6.45) is 2.14. The van der Waals surface area contributed by atoms with E-state index in [2.05, 4.69) is 5.32 Å². The second-order valence-electron chi connectivity index (χ2n) is 4.38. The van der Waals surface area contributed by atoms with Crippen LogP contribution in [0.3, 0.4) is 0 Å². The summed E-state index contributed by atoms with van der Waals surface area (Å²) in [5, 5.41) is 3.27. The maximum atomic E-state index is 11.8. The van der Waals surface area contributed by atoms with Crippen LogP contribution in [0.25, 0.3) is 0 Å². The number of carbonyl (C=O) groups is 1. The molecule has 0 bridgehead atoms. The largest absolute Gasteiger partial charge is 0.492 e.